The molecule has 0 atom stereocenters. The van der Waals surface area contributed by atoms with E-state index in [2.05, 4.69) is 15.0 Å². The fourth-order valence-corrected chi connectivity index (χ4v) is 4.19. The van der Waals surface area contributed by atoms with E-state index in [-0.39, 0.29) is 5.75 Å². The topological polar surface area (TPSA) is 77.4 Å². The maximum atomic E-state index is 9.31. The van der Waals surface area contributed by atoms with Crippen LogP contribution in [0, 0.1) is 0 Å². The van der Waals surface area contributed by atoms with Crippen LogP contribution in [0.2, 0.25) is 0 Å². The van der Waals surface area contributed by atoms with Crippen LogP contribution in [0.15, 0.2) is 110 Å². The maximum Gasteiger partial charge on any atom is 0.882 e. The van der Waals surface area contributed by atoms with Gasteiger partial charge in [0.15, 0.2) is 0 Å². The van der Waals surface area contributed by atoms with Crippen molar-refractivity contribution in [1.29, 1.82) is 0 Å². The molecule has 0 fully saturated rings. The van der Waals surface area contributed by atoms with Crippen molar-refractivity contribution in [3.8, 4) is 17.2 Å². The third-order valence-electron chi connectivity index (χ3n) is 5.15. The molecule has 0 bridgehead atoms. The normalized spacial score (nSPS) is 10.5. The summed E-state index contributed by atoms with van der Waals surface area (Å²) >= 11 is -0.704. The minimum Gasteiger partial charge on any atom is -0.614 e. The lowest BCUT2D eigenvalue weighted by Gasteiger charge is -2.11. The number of rotatable bonds is 4. The molecule has 3 heterocycles. The van der Waals surface area contributed by atoms with Crippen LogP contribution < -0.4 is 7.58 Å². The SMILES string of the molecule is Oc1cccc2cccnc12.c1cnc2c([O][Al][O]c3cccc4cccnc34)cccc2c1. The van der Waals surface area contributed by atoms with Gasteiger partial charge in [-0.15, -0.1) is 0 Å². The fourth-order valence-electron chi connectivity index (χ4n) is 3.56. The lowest BCUT2D eigenvalue weighted by Crippen LogP contribution is -2.11. The van der Waals surface area contributed by atoms with Crippen molar-refractivity contribution in [3.63, 3.8) is 0 Å². The largest absolute Gasteiger partial charge is 0.882 e. The zero-order valence-corrected chi connectivity index (χ0v) is 19.2. The van der Waals surface area contributed by atoms with Crippen molar-refractivity contribution >= 4 is 48.6 Å². The summed E-state index contributed by atoms with van der Waals surface area (Å²) in [5.74, 6) is 1.72. The van der Waals surface area contributed by atoms with Crippen LogP contribution in [0.25, 0.3) is 32.7 Å². The second kappa shape index (κ2) is 10.2. The number of fused-ring (bicyclic) bond motifs is 3. The van der Waals surface area contributed by atoms with E-state index in [1.54, 1.807) is 30.7 Å². The number of phenolic OH excluding ortho intramolecular Hbond substituents is 1. The Kier molecular flexibility index (Phi) is 6.48. The van der Waals surface area contributed by atoms with E-state index in [1.165, 1.54) is 0 Å². The van der Waals surface area contributed by atoms with Crippen molar-refractivity contribution in [1.82, 2.24) is 15.0 Å². The molecule has 1 radical (unpaired) electrons. The Bertz CT molecular complexity index is 1480. The van der Waals surface area contributed by atoms with Gasteiger partial charge >= 0.3 is 15.9 Å². The third-order valence-corrected chi connectivity index (χ3v) is 5.85. The van der Waals surface area contributed by atoms with Crippen molar-refractivity contribution in [2.24, 2.45) is 0 Å². The van der Waals surface area contributed by atoms with Gasteiger partial charge in [0, 0.05) is 34.7 Å². The first-order valence-electron chi connectivity index (χ1n) is 10.6. The summed E-state index contributed by atoms with van der Waals surface area (Å²) in [7, 11) is 0. The van der Waals surface area contributed by atoms with Crippen molar-refractivity contribution in [2.45, 2.75) is 0 Å². The second-order valence-electron chi connectivity index (χ2n) is 7.35. The number of hydrogen-bond donors (Lipinski definition) is 1. The van der Waals surface area contributed by atoms with Crippen LogP contribution in [-0.4, -0.2) is 35.9 Å². The Hall–Kier alpha value is -4.18. The van der Waals surface area contributed by atoms with Crippen LogP contribution >= 0.6 is 0 Å². The third kappa shape index (κ3) is 4.76. The maximum absolute atomic E-state index is 9.31. The van der Waals surface area contributed by atoms with Gasteiger partial charge in [0.1, 0.15) is 33.8 Å². The minimum atomic E-state index is -0.704. The first-order chi connectivity index (χ1) is 16.8. The second-order valence-corrected chi connectivity index (χ2v) is 8.01. The molecular weight excluding hydrogens is 441 g/mol. The molecule has 6 nitrogen and oxygen atoms in total. The summed E-state index contributed by atoms with van der Waals surface area (Å²) in [5.41, 5.74) is 2.36. The molecule has 1 N–H and O–H groups in total. The number of benzene rings is 3. The van der Waals surface area contributed by atoms with E-state index < -0.39 is 15.9 Å². The summed E-state index contributed by atoms with van der Waals surface area (Å²) in [6, 6.07) is 28.7. The molecule has 163 valence electrons. The fraction of sp³-hybridized carbons (Fsp3) is 0. The highest BCUT2D eigenvalue weighted by atomic mass is 27.2. The predicted molar refractivity (Wildman–Crippen MR) is 134 cm³/mol. The van der Waals surface area contributed by atoms with Crippen LogP contribution in [-0.2, 0) is 0 Å². The van der Waals surface area contributed by atoms with Gasteiger partial charge in [0.25, 0.3) is 0 Å². The summed E-state index contributed by atoms with van der Waals surface area (Å²) in [6.45, 7) is 0. The summed E-state index contributed by atoms with van der Waals surface area (Å²) in [6.07, 6.45) is 5.20. The molecule has 6 rings (SSSR count). The molecule has 34 heavy (non-hydrogen) atoms. The van der Waals surface area contributed by atoms with Gasteiger partial charge in [0.05, 0.1) is 0 Å². The quantitative estimate of drug-likeness (QED) is 0.339. The van der Waals surface area contributed by atoms with E-state index in [1.807, 2.05) is 78.9 Å². The molecule has 0 saturated heterocycles. The molecule has 0 saturated carbocycles. The van der Waals surface area contributed by atoms with E-state index in [4.69, 9.17) is 7.58 Å². The van der Waals surface area contributed by atoms with Crippen molar-refractivity contribution in [3.05, 3.63) is 110 Å². The van der Waals surface area contributed by atoms with E-state index in [0.29, 0.717) is 5.52 Å². The highest BCUT2D eigenvalue weighted by Gasteiger charge is 2.11. The Morgan fingerprint density at radius 1 is 0.500 bits per heavy atom. The number of phenols is 1. The minimum absolute atomic E-state index is 0.239. The van der Waals surface area contributed by atoms with Crippen LogP contribution in [0.1, 0.15) is 0 Å². The van der Waals surface area contributed by atoms with E-state index in [0.717, 1.165) is 38.7 Å². The van der Waals surface area contributed by atoms with Crippen molar-refractivity contribution < 1.29 is 12.7 Å². The molecule has 7 heteroatoms. The average molecular weight is 460 g/mol. The predicted octanol–water partition coefficient (Wildman–Crippen LogP) is 5.72. The number of hydrogen-bond acceptors (Lipinski definition) is 6. The molecular formula is C27H19AlN3O3. The molecule has 0 aliphatic carbocycles. The first-order valence-corrected chi connectivity index (χ1v) is 11.6. The first kappa shape index (κ1) is 21.7. The standard InChI is InChI=1S/3C9H7NO.Al/c3*11-8-5-1-3-7-4-2-6-10-9(7)8;/h3*1-6,11H;/q;;;+2/p-2. The summed E-state index contributed by atoms with van der Waals surface area (Å²) < 4.78 is 11.7. The van der Waals surface area contributed by atoms with Gasteiger partial charge in [-0.2, -0.15) is 0 Å². The molecule has 0 aliphatic heterocycles. The smallest absolute Gasteiger partial charge is 0.614 e. The Morgan fingerprint density at radius 3 is 1.41 bits per heavy atom. The van der Waals surface area contributed by atoms with E-state index in [9.17, 15) is 5.11 Å². The Balaban J connectivity index is 0.000000183. The van der Waals surface area contributed by atoms with Gasteiger partial charge in [0.2, 0.25) is 0 Å². The van der Waals surface area contributed by atoms with Crippen LogP contribution in [0.4, 0.5) is 0 Å². The Morgan fingerprint density at radius 2 is 0.912 bits per heavy atom. The number of nitrogens with zero attached hydrogens (tertiary/aromatic N) is 3. The number of pyridine rings is 3. The summed E-state index contributed by atoms with van der Waals surface area (Å²) in [5, 5.41) is 12.4. The molecule has 0 unspecified atom stereocenters. The van der Waals surface area contributed by atoms with Gasteiger partial charge in [-0.3, -0.25) is 15.0 Å². The lowest BCUT2D eigenvalue weighted by molar-refractivity contribution is 0.463. The lowest BCUT2D eigenvalue weighted by atomic mass is 10.2. The molecule has 3 aromatic heterocycles. The number of aromatic hydroxyl groups is 1. The molecule has 0 spiro atoms. The van der Waals surface area contributed by atoms with Crippen LogP contribution in [0.3, 0.4) is 0 Å². The van der Waals surface area contributed by atoms with E-state index >= 15 is 0 Å². The average Bonchev–Trinajstić information content (AvgIpc) is 2.90. The van der Waals surface area contributed by atoms with Gasteiger partial charge in [-0.1, -0.05) is 54.6 Å². The molecule has 0 aliphatic rings. The van der Waals surface area contributed by atoms with Gasteiger partial charge in [-0.25, -0.2) is 0 Å². The van der Waals surface area contributed by atoms with Gasteiger partial charge < -0.3 is 12.7 Å². The Labute approximate surface area is 202 Å². The highest BCUT2D eigenvalue weighted by molar-refractivity contribution is 6.21. The molecule has 3 aromatic carbocycles. The number of para-hydroxylation sites is 3. The zero-order valence-electron chi connectivity index (χ0n) is 18.1. The summed E-state index contributed by atoms with van der Waals surface area (Å²) in [4.78, 5) is 12.8. The van der Waals surface area contributed by atoms with Gasteiger partial charge in [-0.05, 0) is 36.4 Å². The monoisotopic (exact) mass is 460 g/mol. The molecule has 6 aromatic rings. The molecule has 0 amide bonds. The zero-order chi connectivity index (χ0) is 23.2. The highest BCUT2D eigenvalue weighted by Crippen LogP contribution is 2.25. The number of aromatic nitrogens is 3. The van der Waals surface area contributed by atoms with Crippen LogP contribution in [0.5, 0.6) is 17.2 Å². The van der Waals surface area contributed by atoms with Crippen molar-refractivity contribution in [2.75, 3.05) is 0 Å².